The SMILES string of the molecule is CC(=O)N1CCC(Oc2ccc(Cl)cc2)C1. The molecule has 0 aromatic heterocycles. The molecule has 0 bridgehead atoms. The Labute approximate surface area is 100.0 Å². The lowest BCUT2D eigenvalue weighted by molar-refractivity contribution is -0.128. The molecule has 1 atom stereocenters. The number of nitrogens with zero attached hydrogens (tertiary/aromatic N) is 1. The van der Waals surface area contributed by atoms with Crippen LogP contribution in [0.5, 0.6) is 5.75 Å². The van der Waals surface area contributed by atoms with Gasteiger partial charge in [0.05, 0.1) is 6.54 Å². The molecule has 3 nitrogen and oxygen atoms in total. The van der Waals surface area contributed by atoms with Gasteiger partial charge in [0, 0.05) is 24.9 Å². The van der Waals surface area contributed by atoms with Crippen LogP contribution in [0.4, 0.5) is 0 Å². The van der Waals surface area contributed by atoms with Gasteiger partial charge in [-0.3, -0.25) is 4.79 Å². The van der Waals surface area contributed by atoms with Gasteiger partial charge < -0.3 is 9.64 Å². The Kier molecular flexibility index (Phi) is 3.34. The van der Waals surface area contributed by atoms with E-state index in [4.69, 9.17) is 16.3 Å². The van der Waals surface area contributed by atoms with Gasteiger partial charge in [-0.05, 0) is 24.3 Å². The average molecular weight is 240 g/mol. The Hall–Kier alpha value is -1.22. The number of benzene rings is 1. The number of rotatable bonds is 2. The number of likely N-dealkylation sites (tertiary alicyclic amines) is 1. The Balaban J connectivity index is 1.92. The fourth-order valence-corrected chi connectivity index (χ4v) is 1.94. The molecule has 0 saturated carbocycles. The van der Waals surface area contributed by atoms with Crippen molar-refractivity contribution in [1.29, 1.82) is 0 Å². The van der Waals surface area contributed by atoms with Crippen molar-refractivity contribution in [3.05, 3.63) is 29.3 Å². The van der Waals surface area contributed by atoms with Crippen LogP contribution in [-0.4, -0.2) is 30.0 Å². The maximum atomic E-state index is 11.1. The number of amides is 1. The molecule has 86 valence electrons. The zero-order valence-corrected chi connectivity index (χ0v) is 9.91. The van der Waals surface area contributed by atoms with E-state index in [1.807, 2.05) is 12.1 Å². The second kappa shape index (κ2) is 4.74. The minimum Gasteiger partial charge on any atom is -0.489 e. The molecule has 1 amide bonds. The Morgan fingerprint density at radius 3 is 2.69 bits per heavy atom. The van der Waals surface area contributed by atoms with E-state index in [1.165, 1.54) is 0 Å². The summed E-state index contributed by atoms with van der Waals surface area (Å²) >= 11 is 5.78. The number of carbonyl (C=O) groups excluding carboxylic acids is 1. The number of carbonyl (C=O) groups is 1. The zero-order valence-electron chi connectivity index (χ0n) is 9.15. The van der Waals surface area contributed by atoms with E-state index in [0.717, 1.165) is 18.7 Å². The standard InChI is InChI=1S/C12H14ClNO2/c1-9(15)14-7-6-12(8-14)16-11-4-2-10(13)3-5-11/h2-5,12H,6-8H2,1H3. The second-order valence-electron chi connectivity index (χ2n) is 3.95. The molecule has 0 aliphatic carbocycles. The largest absolute Gasteiger partial charge is 0.489 e. The highest BCUT2D eigenvalue weighted by atomic mass is 35.5. The molecule has 1 fully saturated rings. The molecule has 1 unspecified atom stereocenters. The molecule has 1 heterocycles. The van der Waals surface area contributed by atoms with Crippen molar-refractivity contribution in [2.45, 2.75) is 19.4 Å². The summed E-state index contributed by atoms with van der Waals surface area (Å²) in [5.74, 6) is 0.919. The predicted molar refractivity (Wildman–Crippen MR) is 62.7 cm³/mol. The summed E-state index contributed by atoms with van der Waals surface area (Å²) in [4.78, 5) is 12.9. The van der Waals surface area contributed by atoms with Gasteiger partial charge in [0.15, 0.2) is 0 Å². The third kappa shape index (κ3) is 2.67. The van der Waals surface area contributed by atoms with Crippen LogP contribution in [0.2, 0.25) is 5.02 Å². The van der Waals surface area contributed by atoms with Crippen LogP contribution in [-0.2, 0) is 4.79 Å². The summed E-state index contributed by atoms with van der Waals surface area (Å²) in [5.41, 5.74) is 0. The number of hydrogen-bond acceptors (Lipinski definition) is 2. The molecule has 16 heavy (non-hydrogen) atoms. The van der Waals surface area contributed by atoms with Gasteiger partial charge in [-0.15, -0.1) is 0 Å². The van der Waals surface area contributed by atoms with E-state index in [-0.39, 0.29) is 12.0 Å². The Morgan fingerprint density at radius 1 is 1.44 bits per heavy atom. The topological polar surface area (TPSA) is 29.5 Å². The van der Waals surface area contributed by atoms with Crippen LogP contribution in [0.25, 0.3) is 0 Å². The third-order valence-corrected chi connectivity index (χ3v) is 2.96. The van der Waals surface area contributed by atoms with Crippen molar-refractivity contribution < 1.29 is 9.53 Å². The zero-order chi connectivity index (χ0) is 11.5. The van der Waals surface area contributed by atoms with Crippen molar-refractivity contribution in [2.24, 2.45) is 0 Å². The van der Waals surface area contributed by atoms with Crippen LogP contribution in [0, 0.1) is 0 Å². The van der Waals surface area contributed by atoms with Crippen molar-refractivity contribution in [1.82, 2.24) is 4.90 Å². The van der Waals surface area contributed by atoms with Gasteiger partial charge in [0.2, 0.25) is 5.91 Å². The highest BCUT2D eigenvalue weighted by Gasteiger charge is 2.25. The summed E-state index contributed by atoms with van der Waals surface area (Å²) in [6, 6.07) is 7.29. The lowest BCUT2D eigenvalue weighted by Gasteiger charge is -2.15. The normalized spacial score (nSPS) is 19.9. The van der Waals surface area contributed by atoms with Gasteiger partial charge in [0.1, 0.15) is 11.9 Å². The summed E-state index contributed by atoms with van der Waals surface area (Å²) in [6.45, 7) is 3.05. The van der Waals surface area contributed by atoms with Gasteiger partial charge in [-0.25, -0.2) is 0 Å². The second-order valence-corrected chi connectivity index (χ2v) is 4.38. The van der Waals surface area contributed by atoms with E-state index in [0.29, 0.717) is 11.6 Å². The molecular formula is C12H14ClNO2. The fourth-order valence-electron chi connectivity index (χ4n) is 1.82. The van der Waals surface area contributed by atoms with Crippen LogP contribution < -0.4 is 4.74 Å². The first kappa shape index (κ1) is 11.3. The van der Waals surface area contributed by atoms with Crippen LogP contribution >= 0.6 is 11.6 Å². The summed E-state index contributed by atoms with van der Waals surface area (Å²) in [7, 11) is 0. The summed E-state index contributed by atoms with van der Waals surface area (Å²) in [5, 5.41) is 0.698. The predicted octanol–water partition coefficient (Wildman–Crippen LogP) is 2.34. The fraction of sp³-hybridized carbons (Fsp3) is 0.417. The Morgan fingerprint density at radius 2 is 2.12 bits per heavy atom. The number of halogens is 1. The van der Waals surface area contributed by atoms with Crippen molar-refractivity contribution in [3.63, 3.8) is 0 Å². The molecule has 1 saturated heterocycles. The first-order valence-corrected chi connectivity index (χ1v) is 5.70. The van der Waals surface area contributed by atoms with E-state index >= 15 is 0 Å². The lowest BCUT2D eigenvalue weighted by atomic mass is 10.3. The molecule has 1 aliphatic rings. The van der Waals surface area contributed by atoms with Crippen LogP contribution in [0.1, 0.15) is 13.3 Å². The third-order valence-electron chi connectivity index (χ3n) is 2.71. The molecule has 1 aromatic rings. The molecule has 2 rings (SSSR count). The summed E-state index contributed by atoms with van der Waals surface area (Å²) in [6.07, 6.45) is 0.993. The minimum atomic E-state index is 0.102. The Bertz CT molecular complexity index is 377. The van der Waals surface area contributed by atoms with E-state index in [1.54, 1.807) is 24.0 Å². The molecule has 1 aromatic carbocycles. The number of ether oxygens (including phenoxy) is 1. The van der Waals surface area contributed by atoms with Crippen LogP contribution in [0.3, 0.4) is 0 Å². The quantitative estimate of drug-likeness (QED) is 0.793. The minimum absolute atomic E-state index is 0.102. The van der Waals surface area contributed by atoms with Crippen molar-refractivity contribution in [3.8, 4) is 5.75 Å². The molecule has 0 N–H and O–H groups in total. The van der Waals surface area contributed by atoms with Crippen molar-refractivity contribution >= 4 is 17.5 Å². The van der Waals surface area contributed by atoms with Gasteiger partial charge in [-0.2, -0.15) is 0 Å². The molecular weight excluding hydrogens is 226 g/mol. The highest BCUT2D eigenvalue weighted by Crippen LogP contribution is 2.20. The molecule has 4 heteroatoms. The monoisotopic (exact) mass is 239 g/mol. The van der Waals surface area contributed by atoms with Crippen LogP contribution in [0.15, 0.2) is 24.3 Å². The van der Waals surface area contributed by atoms with E-state index in [2.05, 4.69) is 0 Å². The van der Waals surface area contributed by atoms with Gasteiger partial charge in [0.25, 0.3) is 0 Å². The first-order valence-electron chi connectivity index (χ1n) is 5.33. The number of hydrogen-bond donors (Lipinski definition) is 0. The van der Waals surface area contributed by atoms with Gasteiger partial charge in [-0.1, -0.05) is 11.6 Å². The first-order chi connectivity index (χ1) is 7.65. The summed E-state index contributed by atoms with van der Waals surface area (Å²) < 4.78 is 5.76. The van der Waals surface area contributed by atoms with Crippen molar-refractivity contribution in [2.75, 3.05) is 13.1 Å². The lowest BCUT2D eigenvalue weighted by Crippen LogP contribution is -2.28. The van der Waals surface area contributed by atoms with E-state index in [9.17, 15) is 4.79 Å². The molecule has 0 radical (unpaired) electrons. The highest BCUT2D eigenvalue weighted by molar-refractivity contribution is 6.30. The maximum Gasteiger partial charge on any atom is 0.219 e. The van der Waals surface area contributed by atoms with E-state index < -0.39 is 0 Å². The van der Waals surface area contributed by atoms with Gasteiger partial charge >= 0.3 is 0 Å². The maximum absolute atomic E-state index is 11.1. The average Bonchev–Trinajstić information content (AvgIpc) is 2.70. The molecule has 1 aliphatic heterocycles. The molecule has 0 spiro atoms. The smallest absolute Gasteiger partial charge is 0.219 e.